The summed E-state index contributed by atoms with van der Waals surface area (Å²) in [6.07, 6.45) is -0.599. The SMILES string of the molecule is OC(O)CCCCC(O)(O)O. The third-order valence-electron chi connectivity index (χ3n) is 1.22. The molecule has 0 radical (unpaired) electrons. The summed E-state index contributed by atoms with van der Waals surface area (Å²) in [5, 5.41) is 41.8. The van der Waals surface area contributed by atoms with Gasteiger partial charge in [0, 0.05) is 6.42 Å². The van der Waals surface area contributed by atoms with Gasteiger partial charge in [-0.15, -0.1) is 0 Å². The average molecular weight is 166 g/mol. The minimum Gasteiger partial charge on any atom is -0.368 e. The standard InChI is InChI=1S/C6H14O5/c7-5(8)3-1-2-4-6(9,10)11/h5,7-11H,1-4H2. The van der Waals surface area contributed by atoms with E-state index in [4.69, 9.17) is 25.5 Å². The van der Waals surface area contributed by atoms with Crippen LogP contribution in [0.25, 0.3) is 0 Å². The molecule has 0 unspecified atom stereocenters. The van der Waals surface area contributed by atoms with Crippen molar-refractivity contribution in [1.29, 1.82) is 0 Å². The molecule has 0 aliphatic rings. The molecule has 68 valence electrons. The first-order valence-corrected chi connectivity index (χ1v) is 3.45. The van der Waals surface area contributed by atoms with Gasteiger partial charge in [-0.3, -0.25) is 0 Å². The molecule has 0 spiro atoms. The highest BCUT2D eigenvalue weighted by atomic mass is 16.7. The summed E-state index contributed by atoms with van der Waals surface area (Å²) in [5.41, 5.74) is 0. The Morgan fingerprint density at radius 3 is 1.91 bits per heavy atom. The summed E-state index contributed by atoms with van der Waals surface area (Å²) in [4.78, 5) is 0. The maximum Gasteiger partial charge on any atom is 0.275 e. The third-order valence-corrected chi connectivity index (χ3v) is 1.22. The molecule has 0 aromatic carbocycles. The van der Waals surface area contributed by atoms with Crippen molar-refractivity contribution in [3.8, 4) is 0 Å². The lowest BCUT2D eigenvalue weighted by atomic mass is 10.2. The van der Waals surface area contributed by atoms with Crippen LogP contribution in [0.4, 0.5) is 0 Å². The molecule has 0 aliphatic heterocycles. The predicted octanol–water partition coefficient (Wildman–Crippen LogP) is -1.51. The minimum atomic E-state index is -2.62. The number of hydrogen-bond acceptors (Lipinski definition) is 5. The summed E-state index contributed by atoms with van der Waals surface area (Å²) in [6, 6.07) is 0. The van der Waals surface area contributed by atoms with Gasteiger partial charge in [0.2, 0.25) is 0 Å². The lowest BCUT2D eigenvalue weighted by Crippen LogP contribution is -2.26. The van der Waals surface area contributed by atoms with E-state index < -0.39 is 12.3 Å². The Morgan fingerprint density at radius 2 is 1.55 bits per heavy atom. The topological polar surface area (TPSA) is 101 Å². The van der Waals surface area contributed by atoms with Gasteiger partial charge >= 0.3 is 0 Å². The van der Waals surface area contributed by atoms with Crippen molar-refractivity contribution in [2.45, 2.75) is 37.9 Å². The van der Waals surface area contributed by atoms with E-state index in [0.29, 0.717) is 12.8 Å². The van der Waals surface area contributed by atoms with E-state index in [1.54, 1.807) is 0 Å². The molecular weight excluding hydrogens is 152 g/mol. The molecule has 5 N–H and O–H groups in total. The first-order chi connectivity index (χ1) is 4.92. The Bertz CT molecular complexity index is 95.6. The van der Waals surface area contributed by atoms with Crippen LogP contribution in [0.15, 0.2) is 0 Å². The molecule has 5 heteroatoms. The summed E-state index contributed by atoms with van der Waals surface area (Å²) < 4.78 is 0. The van der Waals surface area contributed by atoms with Crippen molar-refractivity contribution in [3.63, 3.8) is 0 Å². The first-order valence-electron chi connectivity index (χ1n) is 3.45. The zero-order valence-electron chi connectivity index (χ0n) is 6.14. The van der Waals surface area contributed by atoms with E-state index in [1.807, 2.05) is 0 Å². The van der Waals surface area contributed by atoms with E-state index >= 15 is 0 Å². The zero-order valence-corrected chi connectivity index (χ0v) is 6.14. The summed E-state index contributed by atoms with van der Waals surface area (Å²) >= 11 is 0. The lowest BCUT2D eigenvalue weighted by Gasteiger charge is -2.13. The highest BCUT2D eigenvalue weighted by Gasteiger charge is 2.16. The van der Waals surface area contributed by atoms with Gasteiger partial charge in [0.15, 0.2) is 6.29 Å². The van der Waals surface area contributed by atoms with Crippen LogP contribution in [0, 0.1) is 0 Å². The molecule has 0 aromatic heterocycles. The Labute approximate surface area is 64.5 Å². The largest absolute Gasteiger partial charge is 0.368 e. The van der Waals surface area contributed by atoms with E-state index in [1.165, 1.54) is 0 Å². The third kappa shape index (κ3) is 9.80. The number of rotatable bonds is 5. The molecule has 0 fully saturated rings. The Kier molecular flexibility index (Phi) is 4.55. The molecule has 0 amide bonds. The fourth-order valence-electron chi connectivity index (χ4n) is 0.689. The van der Waals surface area contributed by atoms with E-state index in [0.717, 1.165) is 0 Å². The maximum atomic E-state index is 8.37. The highest BCUT2D eigenvalue weighted by Crippen LogP contribution is 2.09. The molecule has 0 aliphatic carbocycles. The fourth-order valence-corrected chi connectivity index (χ4v) is 0.689. The van der Waals surface area contributed by atoms with Crippen LogP contribution >= 0.6 is 0 Å². The molecule has 0 heterocycles. The molecule has 11 heavy (non-hydrogen) atoms. The monoisotopic (exact) mass is 166 g/mol. The Morgan fingerprint density at radius 1 is 1.00 bits per heavy atom. The fraction of sp³-hybridized carbons (Fsp3) is 1.00. The molecular formula is C6H14O5. The van der Waals surface area contributed by atoms with Crippen LogP contribution < -0.4 is 0 Å². The van der Waals surface area contributed by atoms with Crippen molar-refractivity contribution in [1.82, 2.24) is 0 Å². The van der Waals surface area contributed by atoms with Crippen molar-refractivity contribution < 1.29 is 25.5 Å². The zero-order chi connectivity index (χ0) is 8.91. The lowest BCUT2D eigenvalue weighted by molar-refractivity contribution is -0.315. The quantitative estimate of drug-likeness (QED) is 0.252. The van der Waals surface area contributed by atoms with Crippen molar-refractivity contribution in [3.05, 3.63) is 0 Å². The molecule has 0 bridgehead atoms. The van der Waals surface area contributed by atoms with Crippen LogP contribution in [0.3, 0.4) is 0 Å². The van der Waals surface area contributed by atoms with E-state index in [9.17, 15) is 0 Å². The van der Waals surface area contributed by atoms with Gasteiger partial charge in [-0.2, -0.15) is 0 Å². The molecule has 0 saturated heterocycles. The van der Waals surface area contributed by atoms with Crippen molar-refractivity contribution in [2.75, 3.05) is 0 Å². The van der Waals surface area contributed by atoms with E-state index in [2.05, 4.69) is 0 Å². The number of aliphatic hydroxyl groups excluding tert-OH is 1. The van der Waals surface area contributed by atoms with Crippen molar-refractivity contribution >= 4 is 0 Å². The Hall–Kier alpha value is -0.200. The van der Waals surface area contributed by atoms with Gasteiger partial charge < -0.3 is 25.5 Å². The number of hydrogen-bond donors (Lipinski definition) is 5. The van der Waals surface area contributed by atoms with Gasteiger partial charge in [0.25, 0.3) is 5.97 Å². The van der Waals surface area contributed by atoms with Crippen molar-refractivity contribution in [2.24, 2.45) is 0 Å². The van der Waals surface area contributed by atoms with Crippen LogP contribution in [0.1, 0.15) is 25.7 Å². The second-order valence-electron chi connectivity index (χ2n) is 2.50. The van der Waals surface area contributed by atoms with E-state index in [-0.39, 0.29) is 12.8 Å². The number of unbranched alkanes of at least 4 members (excludes halogenated alkanes) is 1. The van der Waals surface area contributed by atoms with Gasteiger partial charge in [0.05, 0.1) is 0 Å². The highest BCUT2D eigenvalue weighted by molar-refractivity contribution is 4.49. The molecule has 5 nitrogen and oxygen atoms in total. The summed E-state index contributed by atoms with van der Waals surface area (Å²) in [7, 11) is 0. The summed E-state index contributed by atoms with van der Waals surface area (Å²) in [6.45, 7) is 0. The minimum absolute atomic E-state index is 0.177. The molecule has 0 rings (SSSR count). The van der Waals surface area contributed by atoms with Gasteiger partial charge in [0.1, 0.15) is 0 Å². The predicted molar refractivity (Wildman–Crippen MR) is 36.1 cm³/mol. The molecule has 0 saturated carbocycles. The Balaban J connectivity index is 3.15. The van der Waals surface area contributed by atoms with Crippen LogP contribution in [0.2, 0.25) is 0 Å². The van der Waals surface area contributed by atoms with Crippen LogP contribution in [-0.4, -0.2) is 37.8 Å². The van der Waals surface area contributed by atoms with Gasteiger partial charge in [-0.25, -0.2) is 0 Å². The second kappa shape index (κ2) is 4.63. The smallest absolute Gasteiger partial charge is 0.275 e. The summed E-state index contributed by atoms with van der Waals surface area (Å²) in [5.74, 6) is -2.62. The number of aliphatic hydroxyl groups is 5. The van der Waals surface area contributed by atoms with Gasteiger partial charge in [-0.1, -0.05) is 0 Å². The molecule has 0 aromatic rings. The van der Waals surface area contributed by atoms with Crippen LogP contribution in [0.5, 0.6) is 0 Å². The first kappa shape index (κ1) is 10.8. The normalized spacial score (nSPS) is 12.5. The molecule has 0 atom stereocenters. The average Bonchev–Trinajstić information content (AvgIpc) is 1.78. The maximum absolute atomic E-state index is 8.37. The van der Waals surface area contributed by atoms with Crippen LogP contribution in [-0.2, 0) is 0 Å². The van der Waals surface area contributed by atoms with Gasteiger partial charge in [-0.05, 0) is 19.3 Å². The second-order valence-corrected chi connectivity index (χ2v) is 2.50.